The van der Waals surface area contributed by atoms with Gasteiger partial charge in [0, 0.05) is 25.4 Å². The molecule has 0 atom stereocenters. The third-order valence-electron chi connectivity index (χ3n) is 2.06. The Morgan fingerprint density at radius 3 is 2.75 bits per heavy atom. The Balaban J connectivity index is 2.30. The molecule has 5 heteroatoms. The van der Waals surface area contributed by atoms with Crippen molar-refractivity contribution in [3.05, 3.63) is 34.2 Å². The molecular weight excluding hydrogens is 206 g/mol. The van der Waals surface area contributed by atoms with Crippen LogP contribution in [0.3, 0.4) is 0 Å². The molecule has 3 N–H and O–H groups in total. The van der Waals surface area contributed by atoms with E-state index in [1.54, 1.807) is 0 Å². The summed E-state index contributed by atoms with van der Waals surface area (Å²) in [6.07, 6.45) is 2.49. The molecule has 16 heavy (non-hydrogen) atoms. The maximum absolute atomic E-state index is 11.5. The van der Waals surface area contributed by atoms with Crippen molar-refractivity contribution >= 4 is 5.91 Å². The number of carbonyl (C=O) groups excluding carboxylic acids is 1. The quantitative estimate of drug-likeness (QED) is 0.599. The highest BCUT2D eigenvalue weighted by molar-refractivity contribution is 5.93. The van der Waals surface area contributed by atoms with Gasteiger partial charge in [0.1, 0.15) is 0 Å². The smallest absolute Gasteiger partial charge is 0.252 e. The molecule has 1 aromatic rings. The van der Waals surface area contributed by atoms with Crippen molar-refractivity contribution in [2.75, 3.05) is 19.6 Å². The Bertz CT molecular complexity index is 367. The van der Waals surface area contributed by atoms with Crippen LogP contribution in [-0.4, -0.2) is 30.5 Å². The minimum Gasteiger partial charge on any atom is -0.351 e. The maximum atomic E-state index is 11.5. The average molecular weight is 223 g/mol. The lowest BCUT2D eigenvalue weighted by atomic mass is 10.3. The van der Waals surface area contributed by atoms with E-state index < -0.39 is 0 Å². The fourth-order valence-corrected chi connectivity index (χ4v) is 1.22. The van der Waals surface area contributed by atoms with Crippen molar-refractivity contribution in [3.8, 4) is 0 Å². The fourth-order valence-electron chi connectivity index (χ4n) is 1.22. The van der Waals surface area contributed by atoms with Crippen molar-refractivity contribution in [3.63, 3.8) is 0 Å². The zero-order valence-corrected chi connectivity index (χ0v) is 9.38. The van der Waals surface area contributed by atoms with E-state index in [2.05, 4.69) is 22.5 Å². The zero-order chi connectivity index (χ0) is 11.8. The van der Waals surface area contributed by atoms with Crippen LogP contribution in [0, 0.1) is 0 Å². The van der Waals surface area contributed by atoms with Crippen molar-refractivity contribution in [1.82, 2.24) is 15.6 Å². The predicted octanol–water partition coefficient (Wildman–Crippen LogP) is 0.104. The van der Waals surface area contributed by atoms with Crippen molar-refractivity contribution in [1.29, 1.82) is 0 Å². The second-order valence-electron chi connectivity index (χ2n) is 3.45. The van der Waals surface area contributed by atoms with Crippen molar-refractivity contribution in [2.24, 2.45) is 0 Å². The maximum Gasteiger partial charge on any atom is 0.252 e. The molecule has 0 fully saturated rings. The van der Waals surface area contributed by atoms with Crippen LogP contribution in [0.15, 0.2) is 23.1 Å². The van der Waals surface area contributed by atoms with E-state index in [1.165, 1.54) is 18.3 Å². The summed E-state index contributed by atoms with van der Waals surface area (Å²) < 4.78 is 0. The molecule has 0 unspecified atom stereocenters. The molecule has 0 saturated heterocycles. The highest BCUT2D eigenvalue weighted by Gasteiger charge is 2.03. The summed E-state index contributed by atoms with van der Waals surface area (Å²) >= 11 is 0. The molecule has 1 heterocycles. The number of amides is 1. The van der Waals surface area contributed by atoms with Crippen LogP contribution in [-0.2, 0) is 0 Å². The van der Waals surface area contributed by atoms with Gasteiger partial charge in [0.15, 0.2) is 0 Å². The van der Waals surface area contributed by atoms with Crippen LogP contribution in [0.1, 0.15) is 23.7 Å². The molecule has 0 saturated carbocycles. The highest BCUT2D eigenvalue weighted by atomic mass is 16.1. The van der Waals surface area contributed by atoms with Crippen LogP contribution >= 0.6 is 0 Å². The van der Waals surface area contributed by atoms with E-state index in [1.807, 2.05) is 0 Å². The Morgan fingerprint density at radius 1 is 1.31 bits per heavy atom. The van der Waals surface area contributed by atoms with E-state index in [-0.39, 0.29) is 11.5 Å². The van der Waals surface area contributed by atoms with Crippen molar-refractivity contribution in [2.45, 2.75) is 13.3 Å². The molecule has 0 bridgehead atoms. The van der Waals surface area contributed by atoms with Gasteiger partial charge in [-0.3, -0.25) is 9.59 Å². The van der Waals surface area contributed by atoms with E-state index in [9.17, 15) is 9.59 Å². The van der Waals surface area contributed by atoms with Gasteiger partial charge in [0.2, 0.25) is 5.56 Å². The van der Waals surface area contributed by atoms with Crippen LogP contribution in [0.4, 0.5) is 0 Å². The van der Waals surface area contributed by atoms with Gasteiger partial charge in [0.05, 0.1) is 5.56 Å². The first-order valence-corrected chi connectivity index (χ1v) is 5.41. The number of carbonyl (C=O) groups is 1. The number of aromatic amines is 1. The fraction of sp³-hybridized carbons (Fsp3) is 0.455. The average Bonchev–Trinajstić information content (AvgIpc) is 2.29. The van der Waals surface area contributed by atoms with Crippen LogP contribution in [0.5, 0.6) is 0 Å². The second-order valence-corrected chi connectivity index (χ2v) is 3.45. The number of nitrogens with one attached hydrogen (secondary N) is 3. The van der Waals surface area contributed by atoms with E-state index in [4.69, 9.17) is 0 Å². The van der Waals surface area contributed by atoms with Gasteiger partial charge in [-0.05, 0) is 19.0 Å². The summed E-state index contributed by atoms with van der Waals surface area (Å²) in [6, 6.07) is 2.85. The summed E-state index contributed by atoms with van der Waals surface area (Å²) in [6.45, 7) is 4.38. The minimum atomic E-state index is -0.207. The number of hydrogen-bond donors (Lipinski definition) is 3. The lowest BCUT2D eigenvalue weighted by Gasteiger charge is -2.05. The Kier molecular flexibility index (Phi) is 5.28. The van der Waals surface area contributed by atoms with Crippen LogP contribution < -0.4 is 16.2 Å². The second kappa shape index (κ2) is 6.79. The van der Waals surface area contributed by atoms with Gasteiger partial charge >= 0.3 is 0 Å². The minimum absolute atomic E-state index is 0.172. The summed E-state index contributed by atoms with van der Waals surface area (Å²) in [4.78, 5) is 24.8. The molecule has 0 spiro atoms. The Hall–Kier alpha value is -1.62. The molecule has 0 radical (unpaired) electrons. The van der Waals surface area contributed by atoms with E-state index in [0.29, 0.717) is 12.1 Å². The Morgan fingerprint density at radius 2 is 2.12 bits per heavy atom. The molecule has 0 aliphatic carbocycles. The predicted molar refractivity (Wildman–Crippen MR) is 62.6 cm³/mol. The van der Waals surface area contributed by atoms with E-state index >= 15 is 0 Å². The third kappa shape index (κ3) is 4.27. The van der Waals surface area contributed by atoms with Gasteiger partial charge in [-0.15, -0.1) is 0 Å². The number of rotatable bonds is 6. The summed E-state index contributed by atoms with van der Waals surface area (Å²) in [5.41, 5.74) is 0.260. The number of pyridine rings is 1. The standard InChI is InChI=1S/C11H17N3O2/c1-2-5-12-6-7-13-11(16)9-3-4-10(15)14-8-9/h3-4,8,12H,2,5-7H2,1H3,(H,13,16)(H,14,15). The van der Waals surface area contributed by atoms with E-state index in [0.717, 1.165) is 19.5 Å². The molecule has 1 rings (SSSR count). The molecule has 0 aliphatic rings. The highest BCUT2D eigenvalue weighted by Crippen LogP contribution is 1.91. The molecule has 0 aliphatic heterocycles. The SMILES string of the molecule is CCCNCCNC(=O)c1ccc(=O)[nH]c1. The van der Waals surface area contributed by atoms with Gasteiger partial charge in [-0.25, -0.2) is 0 Å². The summed E-state index contributed by atoms with van der Waals surface area (Å²) in [5.74, 6) is -0.172. The van der Waals surface area contributed by atoms with Gasteiger partial charge in [0.25, 0.3) is 5.91 Å². The molecule has 0 aromatic carbocycles. The lowest BCUT2D eigenvalue weighted by molar-refractivity contribution is 0.0953. The van der Waals surface area contributed by atoms with Gasteiger partial charge in [-0.1, -0.05) is 6.92 Å². The van der Waals surface area contributed by atoms with Crippen molar-refractivity contribution < 1.29 is 4.79 Å². The normalized spacial score (nSPS) is 10.1. The van der Waals surface area contributed by atoms with Crippen LogP contribution in [0.25, 0.3) is 0 Å². The third-order valence-corrected chi connectivity index (χ3v) is 2.06. The molecule has 88 valence electrons. The van der Waals surface area contributed by atoms with Gasteiger partial charge < -0.3 is 15.6 Å². The topological polar surface area (TPSA) is 74.0 Å². The summed E-state index contributed by atoms with van der Waals surface area (Å²) in [5, 5.41) is 5.93. The first kappa shape index (κ1) is 12.4. The summed E-state index contributed by atoms with van der Waals surface area (Å²) in [7, 11) is 0. The monoisotopic (exact) mass is 223 g/mol. The first-order valence-electron chi connectivity index (χ1n) is 5.41. The number of aromatic nitrogens is 1. The van der Waals surface area contributed by atoms with Gasteiger partial charge in [-0.2, -0.15) is 0 Å². The largest absolute Gasteiger partial charge is 0.351 e. The molecular formula is C11H17N3O2. The van der Waals surface area contributed by atoms with Crippen LogP contribution in [0.2, 0.25) is 0 Å². The lowest BCUT2D eigenvalue weighted by Crippen LogP contribution is -2.32. The molecule has 1 aromatic heterocycles. The number of H-pyrrole nitrogens is 1. The Labute approximate surface area is 94.3 Å². The molecule has 1 amide bonds. The zero-order valence-electron chi connectivity index (χ0n) is 9.38. The first-order chi connectivity index (χ1) is 7.74. The number of hydrogen-bond acceptors (Lipinski definition) is 3. The molecule has 5 nitrogen and oxygen atoms in total.